The van der Waals surface area contributed by atoms with E-state index in [0.29, 0.717) is 31.7 Å². The van der Waals surface area contributed by atoms with Gasteiger partial charge in [0.15, 0.2) is 6.61 Å². The van der Waals surface area contributed by atoms with Crippen molar-refractivity contribution in [1.82, 2.24) is 9.62 Å². The Balaban J connectivity index is 1.47. The fraction of sp³-hybridized carbons (Fsp3) is 0.316. The number of carbonyl (C=O) groups excluding carboxylic acids is 1. The zero-order valence-electron chi connectivity index (χ0n) is 14.4. The van der Waals surface area contributed by atoms with Crippen LogP contribution in [0.3, 0.4) is 0 Å². The molecule has 1 aliphatic rings. The molecule has 0 atom stereocenters. The van der Waals surface area contributed by atoms with Gasteiger partial charge in [-0.25, -0.2) is 13.1 Å². The van der Waals surface area contributed by atoms with Gasteiger partial charge in [0.1, 0.15) is 5.75 Å². The molecule has 6 nitrogen and oxygen atoms in total. The molecule has 1 saturated heterocycles. The lowest BCUT2D eigenvalue weighted by Gasteiger charge is -2.32. The molecule has 1 heterocycles. The standard InChI is InChI=1S/C19H22N2O4S/c22-19(15-25-17-7-3-1-4-8-17)21-13-11-16(12-14-21)20-26(23,24)18-9-5-2-6-10-18/h1-10,16,20H,11-15H2. The minimum absolute atomic E-state index is 0.00950. The second-order valence-electron chi connectivity index (χ2n) is 6.19. The Kier molecular flexibility index (Phi) is 5.90. The van der Waals surface area contributed by atoms with Crippen molar-refractivity contribution >= 4 is 15.9 Å². The number of nitrogens with zero attached hydrogens (tertiary/aromatic N) is 1. The van der Waals surface area contributed by atoms with E-state index in [-0.39, 0.29) is 23.5 Å². The van der Waals surface area contributed by atoms with Crippen LogP contribution in [0.5, 0.6) is 5.75 Å². The second kappa shape index (κ2) is 8.33. The number of amides is 1. The van der Waals surface area contributed by atoms with Crippen LogP contribution in [0.1, 0.15) is 12.8 Å². The van der Waals surface area contributed by atoms with Crippen LogP contribution < -0.4 is 9.46 Å². The average molecular weight is 374 g/mol. The molecule has 0 bridgehead atoms. The van der Waals surface area contributed by atoms with Gasteiger partial charge in [-0.1, -0.05) is 36.4 Å². The molecule has 26 heavy (non-hydrogen) atoms. The molecule has 0 radical (unpaired) electrons. The van der Waals surface area contributed by atoms with Crippen LogP contribution >= 0.6 is 0 Å². The Labute approximate surface area is 153 Å². The maximum absolute atomic E-state index is 12.4. The average Bonchev–Trinajstić information content (AvgIpc) is 2.68. The van der Waals surface area contributed by atoms with Crippen molar-refractivity contribution in [2.45, 2.75) is 23.8 Å². The summed E-state index contributed by atoms with van der Waals surface area (Å²) in [5, 5.41) is 0. The smallest absolute Gasteiger partial charge is 0.260 e. The molecule has 0 aromatic heterocycles. The number of ether oxygens (including phenoxy) is 1. The maximum Gasteiger partial charge on any atom is 0.260 e. The monoisotopic (exact) mass is 374 g/mol. The highest BCUT2D eigenvalue weighted by atomic mass is 32.2. The zero-order valence-corrected chi connectivity index (χ0v) is 15.2. The van der Waals surface area contributed by atoms with Crippen molar-refractivity contribution in [1.29, 1.82) is 0 Å². The summed E-state index contributed by atoms with van der Waals surface area (Å²) < 4.78 is 32.9. The molecule has 1 aliphatic heterocycles. The number of hydrogen-bond donors (Lipinski definition) is 1. The van der Waals surface area contributed by atoms with E-state index in [2.05, 4.69) is 4.72 Å². The van der Waals surface area contributed by atoms with Crippen LogP contribution in [0.25, 0.3) is 0 Å². The van der Waals surface area contributed by atoms with E-state index in [1.807, 2.05) is 18.2 Å². The minimum Gasteiger partial charge on any atom is -0.484 e. The van der Waals surface area contributed by atoms with Gasteiger partial charge in [0, 0.05) is 19.1 Å². The van der Waals surface area contributed by atoms with Crippen molar-refractivity contribution in [2.75, 3.05) is 19.7 Å². The van der Waals surface area contributed by atoms with Crippen molar-refractivity contribution in [3.63, 3.8) is 0 Å². The predicted molar refractivity (Wildman–Crippen MR) is 98.3 cm³/mol. The minimum atomic E-state index is -3.52. The topological polar surface area (TPSA) is 75.7 Å². The van der Waals surface area contributed by atoms with Crippen LogP contribution in [-0.2, 0) is 14.8 Å². The summed E-state index contributed by atoms with van der Waals surface area (Å²) in [6, 6.07) is 17.3. The first-order chi connectivity index (χ1) is 12.5. The quantitative estimate of drug-likeness (QED) is 0.840. The highest BCUT2D eigenvalue weighted by Gasteiger charge is 2.26. The number of para-hydroxylation sites is 1. The molecule has 0 saturated carbocycles. The van der Waals surface area contributed by atoms with Gasteiger partial charge in [0.05, 0.1) is 4.90 Å². The van der Waals surface area contributed by atoms with Crippen LogP contribution in [0.2, 0.25) is 0 Å². The molecule has 1 amide bonds. The van der Waals surface area contributed by atoms with Crippen LogP contribution in [0, 0.1) is 0 Å². The summed E-state index contributed by atoms with van der Waals surface area (Å²) in [6.07, 6.45) is 1.17. The molecule has 3 rings (SSSR count). The summed E-state index contributed by atoms with van der Waals surface area (Å²) >= 11 is 0. The molecule has 0 aliphatic carbocycles. The maximum atomic E-state index is 12.4. The Hall–Kier alpha value is -2.38. The van der Waals surface area contributed by atoms with Crippen LogP contribution in [0.4, 0.5) is 0 Å². The number of nitrogens with one attached hydrogen (secondary N) is 1. The first-order valence-electron chi connectivity index (χ1n) is 8.57. The van der Waals surface area contributed by atoms with E-state index in [1.54, 1.807) is 47.4 Å². The van der Waals surface area contributed by atoms with Gasteiger partial charge in [0.2, 0.25) is 10.0 Å². The fourth-order valence-electron chi connectivity index (χ4n) is 2.89. The van der Waals surface area contributed by atoms with Gasteiger partial charge in [-0.05, 0) is 37.1 Å². The Morgan fingerprint density at radius 3 is 2.19 bits per heavy atom. The molecule has 1 N–H and O–H groups in total. The number of hydrogen-bond acceptors (Lipinski definition) is 4. The van der Waals surface area contributed by atoms with E-state index in [9.17, 15) is 13.2 Å². The summed E-state index contributed by atoms with van der Waals surface area (Å²) in [7, 11) is -3.52. The lowest BCUT2D eigenvalue weighted by Crippen LogP contribution is -2.47. The molecule has 7 heteroatoms. The largest absolute Gasteiger partial charge is 0.484 e. The first-order valence-corrected chi connectivity index (χ1v) is 10.1. The lowest BCUT2D eigenvalue weighted by molar-refractivity contribution is -0.134. The molecular formula is C19H22N2O4S. The first kappa shape index (κ1) is 18.4. The summed E-state index contributed by atoms with van der Waals surface area (Å²) in [4.78, 5) is 14.2. The SMILES string of the molecule is O=C(COc1ccccc1)N1CCC(NS(=O)(=O)c2ccccc2)CC1. The lowest BCUT2D eigenvalue weighted by atomic mass is 10.1. The number of piperidine rings is 1. The van der Waals surface area contributed by atoms with E-state index in [0.717, 1.165) is 0 Å². The fourth-order valence-corrected chi connectivity index (χ4v) is 4.21. The number of carbonyl (C=O) groups is 1. The Bertz CT molecular complexity index is 817. The highest BCUT2D eigenvalue weighted by molar-refractivity contribution is 7.89. The van der Waals surface area contributed by atoms with E-state index < -0.39 is 10.0 Å². The van der Waals surface area contributed by atoms with Gasteiger partial charge in [0.25, 0.3) is 5.91 Å². The third-order valence-corrected chi connectivity index (χ3v) is 5.86. The number of likely N-dealkylation sites (tertiary alicyclic amines) is 1. The predicted octanol–water partition coefficient (Wildman–Crippen LogP) is 2.03. The third-order valence-electron chi connectivity index (χ3n) is 4.33. The molecule has 0 spiro atoms. The van der Waals surface area contributed by atoms with Crippen molar-refractivity contribution in [3.05, 3.63) is 60.7 Å². The molecule has 138 valence electrons. The normalized spacial score (nSPS) is 15.6. The van der Waals surface area contributed by atoms with Crippen LogP contribution in [0.15, 0.2) is 65.6 Å². The van der Waals surface area contributed by atoms with Crippen LogP contribution in [-0.4, -0.2) is 45.0 Å². The number of rotatable bonds is 6. The van der Waals surface area contributed by atoms with Gasteiger partial charge >= 0.3 is 0 Å². The van der Waals surface area contributed by atoms with Gasteiger partial charge in [-0.3, -0.25) is 4.79 Å². The summed E-state index contributed by atoms with van der Waals surface area (Å²) in [6.45, 7) is 1.02. The molecule has 0 unspecified atom stereocenters. The van der Waals surface area contributed by atoms with Crippen molar-refractivity contribution in [2.24, 2.45) is 0 Å². The Morgan fingerprint density at radius 1 is 1.00 bits per heavy atom. The van der Waals surface area contributed by atoms with E-state index >= 15 is 0 Å². The summed E-state index contributed by atoms with van der Waals surface area (Å²) in [5.74, 6) is 0.574. The zero-order chi connectivity index (χ0) is 18.4. The van der Waals surface area contributed by atoms with Crippen molar-refractivity contribution < 1.29 is 17.9 Å². The van der Waals surface area contributed by atoms with Crippen molar-refractivity contribution in [3.8, 4) is 5.75 Å². The van der Waals surface area contributed by atoms with Gasteiger partial charge in [-0.2, -0.15) is 0 Å². The van der Waals surface area contributed by atoms with E-state index in [4.69, 9.17) is 4.74 Å². The number of benzene rings is 2. The third kappa shape index (κ3) is 4.83. The summed E-state index contributed by atoms with van der Waals surface area (Å²) in [5.41, 5.74) is 0. The highest BCUT2D eigenvalue weighted by Crippen LogP contribution is 2.15. The van der Waals surface area contributed by atoms with E-state index in [1.165, 1.54) is 0 Å². The molecule has 1 fully saturated rings. The molecular weight excluding hydrogens is 352 g/mol. The second-order valence-corrected chi connectivity index (χ2v) is 7.91. The number of sulfonamides is 1. The molecule has 2 aromatic carbocycles. The Morgan fingerprint density at radius 2 is 1.58 bits per heavy atom. The molecule has 2 aromatic rings. The van der Waals surface area contributed by atoms with Gasteiger partial charge < -0.3 is 9.64 Å². The van der Waals surface area contributed by atoms with Gasteiger partial charge in [-0.15, -0.1) is 0 Å².